The van der Waals surface area contributed by atoms with E-state index in [4.69, 9.17) is 15.2 Å². The molecule has 1 saturated carbocycles. The molecule has 1 aliphatic carbocycles. The molecule has 1 fully saturated rings. The number of hydrogen-bond donors (Lipinski definition) is 2. The zero-order valence-electron chi connectivity index (χ0n) is 12.4. The van der Waals surface area contributed by atoms with Crippen LogP contribution in [0.2, 0.25) is 0 Å². The Bertz CT molecular complexity index is 476. The minimum absolute atomic E-state index is 0.0515. The molecule has 0 radical (unpaired) electrons. The molecule has 1 aromatic rings. The maximum atomic E-state index is 12.6. The molecule has 0 bridgehead atoms. The van der Waals surface area contributed by atoms with E-state index in [1.54, 1.807) is 14.2 Å². The minimum Gasteiger partial charge on any atom is -0.383 e. The Balaban J connectivity index is 2.02. The molecule has 1 aromatic heterocycles. The highest BCUT2D eigenvalue weighted by Gasteiger charge is 2.34. The van der Waals surface area contributed by atoms with E-state index in [-0.39, 0.29) is 11.7 Å². The molecule has 0 spiro atoms. The number of carbonyl (C=O) groups excluding carboxylic acids is 1. The number of hydrogen-bond acceptors (Lipinski definition) is 7. The average Bonchev–Trinajstić information content (AvgIpc) is 3.23. The molecule has 118 valence electrons. The van der Waals surface area contributed by atoms with Gasteiger partial charge >= 0.3 is 0 Å². The number of nitrogens with two attached hydrogens (primary N) is 1. The number of rotatable bonds is 9. The van der Waals surface area contributed by atoms with Gasteiger partial charge in [-0.1, -0.05) is 11.3 Å². The van der Waals surface area contributed by atoms with Crippen LogP contribution in [0.15, 0.2) is 0 Å². The Morgan fingerprint density at radius 2 is 2.14 bits per heavy atom. The molecule has 1 heterocycles. The van der Waals surface area contributed by atoms with Gasteiger partial charge in [0.05, 0.1) is 13.2 Å². The lowest BCUT2D eigenvalue weighted by Crippen LogP contribution is -2.35. The number of carbonyl (C=O) groups is 1. The molecule has 0 aromatic carbocycles. The van der Waals surface area contributed by atoms with E-state index in [0.29, 0.717) is 42.4 Å². The molecular weight excluding hydrogens is 292 g/mol. The zero-order valence-corrected chi connectivity index (χ0v) is 13.2. The van der Waals surface area contributed by atoms with Gasteiger partial charge in [-0.25, -0.2) is 4.98 Å². The molecular formula is C13H22N4O3S. The van der Waals surface area contributed by atoms with Crippen LogP contribution >= 0.6 is 11.3 Å². The second kappa shape index (κ2) is 7.58. The van der Waals surface area contributed by atoms with E-state index in [2.05, 4.69) is 10.3 Å². The van der Waals surface area contributed by atoms with E-state index >= 15 is 0 Å². The van der Waals surface area contributed by atoms with Gasteiger partial charge in [0.1, 0.15) is 10.7 Å². The van der Waals surface area contributed by atoms with Crippen LogP contribution in [0.3, 0.4) is 0 Å². The summed E-state index contributed by atoms with van der Waals surface area (Å²) in [6.45, 7) is 2.32. The molecule has 21 heavy (non-hydrogen) atoms. The third-order valence-corrected chi connectivity index (χ3v) is 4.23. The number of amides is 1. The smallest absolute Gasteiger partial charge is 0.268 e. The Labute approximate surface area is 128 Å². The highest BCUT2D eigenvalue weighted by molar-refractivity contribution is 7.18. The quantitative estimate of drug-likeness (QED) is 0.662. The Morgan fingerprint density at radius 1 is 1.43 bits per heavy atom. The van der Waals surface area contributed by atoms with Crippen molar-refractivity contribution in [1.82, 2.24) is 9.88 Å². The van der Waals surface area contributed by atoms with E-state index < -0.39 is 0 Å². The van der Waals surface area contributed by atoms with Gasteiger partial charge in [-0.2, -0.15) is 0 Å². The fraction of sp³-hybridized carbons (Fsp3) is 0.692. The van der Waals surface area contributed by atoms with Crippen LogP contribution in [0.1, 0.15) is 22.5 Å². The van der Waals surface area contributed by atoms with E-state index in [9.17, 15) is 4.79 Å². The van der Waals surface area contributed by atoms with E-state index in [0.717, 1.165) is 12.8 Å². The average molecular weight is 314 g/mol. The van der Waals surface area contributed by atoms with Crippen LogP contribution < -0.4 is 11.1 Å². The van der Waals surface area contributed by atoms with Gasteiger partial charge in [0.25, 0.3) is 5.91 Å². The summed E-state index contributed by atoms with van der Waals surface area (Å²) in [5.74, 6) is 0.234. The summed E-state index contributed by atoms with van der Waals surface area (Å²) in [6, 6.07) is 0.319. The van der Waals surface area contributed by atoms with Crippen molar-refractivity contribution < 1.29 is 14.3 Å². The first kappa shape index (κ1) is 16.0. The van der Waals surface area contributed by atoms with Crippen molar-refractivity contribution in [2.45, 2.75) is 18.9 Å². The van der Waals surface area contributed by atoms with Crippen molar-refractivity contribution >= 4 is 28.2 Å². The summed E-state index contributed by atoms with van der Waals surface area (Å²) >= 11 is 1.29. The van der Waals surface area contributed by atoms with Crippen molar-refractivity contribution in [3.63, 3.8) is 0 Å². The van der Waals surface area contributed by atoms with Crippen LogP contribution in [0.25, 0.3) is 0 Å². The number of nitrogens with one attached hydrogen (secondary N) is 1. The maximum Gasteiger partial charge on any atom is 0.268 e. The summed E-state index contributed by atoms with van der Waals surface area (Å²) < 4.78 is 10.0. The molecule has 2 rings (SSSR count). The van der Waals surface area contributed by atoms with Gasteiger partial charge in [0.2, 0.25) is 0 Å². The SMILES string of the molecule is COCCNc1nc(N)c(C(=O)N(CCOC)C2CC2)s1. The van der Waals surface area contributed by atoms with Crippen molar-refractivity contribution in [3.8, 4) is 0 Å². The largest absolute Gasteiger partial charge is 0.383 e. The lowest BCUT2D eigenvalue weighted by atomic mass is 10.3. The van der Waals surface area contributed by atoms with Crippen LogP contribution in [-0.2, 0) is 9.47 Å². The van der Waals surface area contributed by atoms with Crippen LogP contribution in [0, 0.1) is 0 Å². The number of ether oxygens (including phenoxy) is 2. The third-order valence-electron chi connectivity index (χ3n) is 3.21. The van der Waals surface area contributed by atoms with Gasteiger partial charge in [-0.05, 0) is 12.8 Å². The molecule has 0 saturated heterocycles. The van der Waals surface area contributed by atoms with Crippen molar-refractivity contribution in [2.24, 2.45) is 0 Å². The Morgan fingerprint density at radius 3 is 2.76 bits per heavy atom. The fourth-order valence-electron chi connectivity index (χ4n) is 1.98. The Hall–Kier alpha value is -1.38. The number of anilines is 2. The maximum absolute atomic E-state index is 12.6. The summed E-state index contributed by atoms with van der Waals surface area (Å²) in [5, 5.41) is 3.74. The molecule has 8 heteroatoms. The normalized spacial score (nSPS) is 14.2. The number of nitrogens with zero attached hydrogens (tertiary/aromatic N) is 2. The second-order valence-corrected chi connectivity index (χ2v) is 5.87. The Kier molecular flexibility index (Phi) is 5.77. The first-order valence-corrected chi connectivity index (χ1v) is 7.78. The van der Waals surface area contributed by atoms with Crippen molar-refractivity contribution in [2.75, 3.05) is 51.6 Å². The van der Waals surface area contributed by atoms with Gasteiger partial charge in [0, 0.05) is 33.4 Å². The summed E-state index contributed by atoms with van der Waals surface area (Å²) in [7, 11) is 3.27. The van der Waals surface area contributed by atoms with Gasteiger partial charge < -0.3 is 25.4 Å². The first-order valence-electron chi connectivity index (χ1n) is 6.96. The predicted molar refractivity (Wildman–Crippen MR) is 82.8 cm³/mol. The highest BCUT2D eigenvalue weighted by Crippen LogP contribution is 2.32. The second-order valence-electron chi connectivity index (χ2n) is 4.88. The monoisotopic (exact) mass is 314 g/mol. The summed E-state index contributed by atoms with van der Waals surface area (Å²) in [4.78, 5) is 19.1. The topological polar surface area (TPSA) is 89.7 Å². The van der Waals surface area contributed by atoms with Gasteiger partial charge in [-0.3, -0.25) is 4.79 Å². The lowest BCUT2D eigenvalue weighted by Gasteiger charge is -2.21. The lowest BCUT2D eigenvalue weighted by molar-refractivity contribution is 0.0685. The van der Waals surface area contributed by atoms with Crippen molar-refractivity contribution in [3.05, 3.63) is 4.88 Å². The fourth-order valence-corrected chi connectivity index (χ4v) is 2.84. The number of thiazole rings is 1. The minimum atomic E-state index is -0.0515. The standard InChI is InChI=1S/C13H22N4O3S/c1-19-7-5-15-13-16-11(14)10(21-13)12(18)17(6-8-20-2)9-3-4-9/h9H,3-8,14H2,1-2H3,(H,15,16). The number of nitrogen functional groups attached to an aromatic ring is 1. The molecule has 0 atom stereocenters. The number of aromatic nitrogens is 1. The first-order chi connectivity index (χ1) is 10.2. The number of methoxy groups -OCH3 is 2. The van der Waals surface area contributed by atoms with Crippen molar-refractivity contribution in [1.29, 1.82) is 0 Å². The molecule has 3 N–H and O–H groups in total. The van der Waals surface area contributed by atoms with Crippen LogP contribution in [0.5, 0.6) is 0 Å². The molecule has 1 aliphatic rings. The molecule has 0 aliphatic heterocycles. The third kappa shape index (κ3) is 4.29. The molecule has 1 amide bonds. The van der Waals surface area contributed by atoms with E-state index in [1.165, 1.54) is 11.3 Å². The van der Waals surface area contributed by atoms with Crippen LogP contribution in [-0.4, -0.2) is 62.4 Å². The zero-order chi connectivity index (χ0) is 15.2. The molecule has 7 nitrogen and oxygen atoms in total. The van der Waals surface area contributed by atoms with Gasteiger partial charge in [0.15, 0.2) is 5.13 Å². The summed E-state index contributed by atoms with van der Waals surface area (Å²) in [6.07, 6.45) is 2.10. The van der Waals surface area contributed by atoms with Gasteiger partial charge in [-0.15, -0.1) is 0 Å². The van der Waals surface area contributed by atoms with E-state index in [1.807, 2.05) is 4.90 Å². The molecule has 0 unspecified atom stereocenters. The predicted octanol–water partition coefficient (Wildman–Crippen LogP) is 1.03. The summed E-state index contributed by atoms with van der Waals surface area (Å²) in [5.41, 5.74) is 5.88. The van der Waals surface area contributed by atoms with Crippen LogP contribution in [0.4, 0.5) is 10.9 Å². The highest BCUT2D eigenvalue weighted by atomic mass is 32.1.